The first-order valence-corrected chi connectivity index (χ1v) is 11.2. The largest absolute Gasteiger partial charge is 0.365 e. The second-order valence-corrected chi connectivity index (χ2v) is 9.32. The van der Waals surface area contributed by atoms with Gasteiger partial charge in [-0.15, -0.1) is 11.3 Å². The van der Waals surface area contributed by atoms with Crippen LogP contribution in [0.25, 0.3) is 0 Å². The lowest BCUT2D eigenvalue weighted by atomic mass is 9.76. The van der Waals surface area contributed by atoms with E-state index in [-0.39, 0.29) is 0 Å². The third kappa shape index (κ3) is 3.03. The lowest BCUT2D eigenvalue weighted by Crippen LogP contribution is -2.47. The van der Waals surface area contributed by atoms with Crippen LogP contribution in [0.1, 0.15) is 51.2 Å². The van der Waals surface area contributed by atoms with E-state index in [1.807, 2.05) is 24.3 Å². The van der Waals surface area contributed by atoms with Crippen molar-refractivity contribution in [2.24, 2.45) is 5.73 Å². The van der Waals surface area contributed by atoms with Crippen molar-refractivity contribution in [3.63, 3.8) is 0 Å². The molecular formula is C22H22N4O4S. The maximum atomic E-state index is 13.3. The van der Waals surface area contributed by atoms with Gasteiger partial charge in [0.15, 0.2) is 0 Å². The highest BCUT2D eigenvalue weighted by Crippen LogP contribution is 2.41. The molecule has 0 radical (unpaired) electrons. The number of anilines is 1. The number of carbonyl (C=O) groups excluding carboxylic acids is 4. The fourth-order valence-electron chi connectivity index (χ4n) is 5.02. The number of nitrogens with two attached hydrogens (primary N) is 1. The third-order valence-corrected chi connectivity index (χ3v) is 7.58. The number of nitrogens with one attached hydrogen (secondary N) is 2. The zero-order valence-corrected chi connectivity index (χ0v) is 17.6. The van der Waals surface area contributed by atoms with Crippen LogP contribution in [0.2, 0.25) is 0 Å². The van der Waals surface area contributed by atoms with Crippen molar-refractivity contribution in [1.82, 2.24) is 10.2 Å². The highest BCUT2D eigenvalue weighted by Gasteiger charge is 2.54. The number of nitrogens with zero attached hydrogens (tertiary/aromatic N) is 1. The Morgan fingerprint density at radius 3 is 2.77 bits per heavy atom. The van der Waals surface area contributed by atoms with E-state index < -0.39 is 35.8 Å². The van der Waals surface area contributed by atoms with Crippen molar-refractivity contribution in [3.8, 4) is 0 Å². The number of fused-ring (bicyclic) bond motifs is 3. The number of hydrogen-bond acceptors (Lipinski definition) is 5. The number of aryl methyl sites for hydroxylation is 2. The predicted molar refractivity (Wildman–Crippen MR) is 115 cm³/mol. The summed E-state index contributed by atoms with van der Waals surface area (Å²) in [7, 11) is 0. The Balaban J connectivity index is 1.37. The standard InChI is InChI=1S/C22H22N4O4S/c23-18(28)17-13-7-3-9-15(13)31-19(17)24-16(27)11-26-20(29)22(25-21(26)30)10-4-6-12-5-1-2-8-14(12)22/h1-2,5,8H,3-4,6-7,9-11H2,(H2,23,28)(H,24,27)(H,25,30). The Morgan fingerprint density at radius 2 is 1.97 bits per heavy atom. The van der Waals surface area contributed by atoms with Crippen LogP contribution in [-0.4, -0.2) is 35.2 Å². The smallest absolute Gasteiger partial charge is 0.325 e. The number of amides is 5. The molecule has 1 spiro atoms. The van der Waals surface area contributed by atoms with Gasteiger partial charge in [0.2, 0.25) is 5.91 Å². The monoisotopic (exact) mass is 438 g/mol. The summed E-state index contributed by atoms with van der Waals surface area (Å²) in [4.78, 5) is 52.7. The number of rotatable bonds is 4. The molecule has 2 aliphatic carbocycles. The predicted octanol–water partition coefficient (Wildman–Crippen LogP) is 2.06. The van der Waals surface area contributed by atoms with Crippen LogP contribution < -0.4 is 16.4 Å². The van der Waals surface area contributed by atoms with Gasteiger partial charge in [0, 0.05) is 4.88 Å². The van der Waals surface area contributed by atoms with Gasteiger partial charge in [-0.3, -0.25) is 19.3 Å². The van der Waals surface area contributed by atoms with Crippen LogP contribution in [0.4, 0.5) is 9.80 Å². The summed E-state index contributed by atoms with van der Waals surface area (Å²) in [5.74, 6) is -1.53. The number of urea groups is 1. The summed E-state index contributed by atoms with van der Waals surface area (Å²) in [5, 5.41) is 5.94. The first-order valence-electron chi connectivity index (χ1n) is 10.4. The molecule has 1 unspecified atom stereocenters. The summed E-state index contributed by atoms with van der Waals surface area (Å²) in [6.07, 6.45) is 4.68. The van der Waals surface area contributed by atoms with Crippen LogP contribution in [0.15, 0.2) is 24.3 Å². The fraction of sp³-hybridized carbons (Fsp3) is 0.364. The van der Waals surface area contributed by atoms with Crippen molar-refractivity contribution in [3.05, 3.63) is 51.4 Å². The molecule has 1 aromatic carbocycles. The van der Waals surface area contributed by atoms with Gasteiger partial charge in [-0.05, 0) is 55.2 Å². The molecule has 1 fully saturated rings. The minimum absolute atomic E-state index is 0.348. The first-order chi connectivity index (χ1) is 14.9. The average molecular weight is 439 g/mol. The van der Waals surface area contributed by atoms with E-state index >= 15 is 0 Å². The lowest BCUT2D eigenvalue weighted by molar-refractivity contribution is -0.134. The van der Waals surface area contributed by atoms with E-state index in [4.69, 9.17) is 5.73 Å². The molecule has 2 heterocycles. The molecule has 1 saturated heterocycles. The quantitative estimate of drug-likeness (QED) is 0.633. The maximum Gasteiger partial charge on any atom is 0.325 e. The number of primary amides is 1. The second-order valence-electron chi connectivity index (χ2n) is 8.21. The van der Waals surface area contributed by atoms with Crippen LogP contribution in [0, 0.1) is 0 Å². The molecule has 2 aromatic rings. The molecule has 5 amide bonds. The molecule has 1 atom stereocenters. The molecule has 8 nitrogen and oxygen atoms in total. The van der Waals surface area contributed by atoms with Crippen LogP contribution >= 0.6 is 11.3 Å². The Labute approximate surface area is 182 Å². The van der Waals surface area contributed by atoms with Gasteiger partial charge in [-0.1, -0.05) is 24.3 Å². The van der Waals surface area contributed by atoms with Crippen molar-refractivity contribution < 1.29 is 19.2 Å². The van der Waals surface area contributed by atoms with Crippen molar-refractivity contribution in [2.75, 3.05) is 11.9 Å². The molecule has 4 N–H and O–H groups in total. The molecule has 0 saturated carbocycles. The van der Waals surface area contributed by atoms with E-state index in [0.29, 0.717) is 17.0 Å². The van der Waals surface area contributed by atoms with Crippen molar-refractivity contribution >= 4 is 40.1 Å². The van der Waals surface area contributed by atoms with E-state index in [2.05, 4.69) is 10.6 Å². The van der Waals surface area contributed by atoms with Gasteiger partial charge in [0.25, 0.3) is 11.8 Å². The highest BCUT2D eigenvalue weighted by atomic mass is 32.1. The van der Waals surface area contributed by atoms with E-state index in [0.717, 1.165) is 58.6 Å². The maximum absolute atomic E-state index is 13.3. The van der Waals surface area contributed by atoms with Crippen molar-refractivity contribution in [1.29, 1.82) is 0 Å². The average Bonchev–Trinajstić information content (AvgIpc) is 3.37. The van der Waals surface area contributed by atoms with Gasteiger partial charge in [-0.25, -0.2) is 4.79 Å². The summed E-state index contributed by atoms with van der Waals surface area (Å²) < 4.78 is 0. The molecule has 3 aliphatic rings. The van der Waals surface area contributed by atoms with Gasteiger partial charge >= 0.3 is 6.03 Å². The van der Waals surface area contributed by atoms with Gasteiger partial charge < -0.3 is 16.4 Å². The van der Waals surface area contributed by atoms with E-state index in [9.17, 15) is 19.2 Å². The summed E-state index contributed by atoms with van der Waals surface area (Å²) in [6.45, 7) is -0.421. The third-order valence-electron chi connectivity index (χ3n) is 6.37. The lowest BCUT2D eigenvalue weighted by Gasteiger charge is -2.33. The summed E-state index contributed by atoms with van der Waals surface area (Å²) in [5.41, 5.74) is 7.51. The fourth-order valence-corrected chi connectivity index (χ4v) is 6.33. The summed E-state index contributed by atoms with van der Waals surface area (Å²) in [6, 6.07) is 7.01. The second kappa shape index (κ2) is 7.19. The molecular weight excluding hydrogens is 416 g/mol. The van der Waals surface area contributed by atoms with Gasteiger partial charge in [0.1, 0.15) is 17.1 Å². The van der Waals surface area contributed by atoms with E-state index in [1.165, 1.54) is 11.3 Å². The molecule has 1 aliphatic heterocycles. The van der Waals surface area contributed by atoms with Crippen LogP contribution in [0.5, 0.6) is 0 Å². The molecule has 9 heteroatoms. The first kappa shape index (κ1) is 19.7. The normalized spacial score (nSPS) is 21.7. The van der Waals surface area contributed by atoms with Crippen molar-refractivity contribution in [2.45, 2.75) is 44.1 Å². The number of carbonyl (C=O) groups is 4. The zero-order chi connectivity index (χ0) is 21.8. The Bertz CT molecular complexity index is 1140. The molecule has 1 aromatic heterocycles. The SMILES string of the molecule is NC(=O)c1c(NC(=O)CN2C(=O)NC3(CCCc4ccccc43)C2=O)sc2c1CCC2. The Hall–Kier alpha value is -3.20. The highest BCUT2D eigenvalue weighted by molar-refractivity contribution is 7.17. The number of imide groups is 1. The number of hydrogen-bond donors (Lipinski definition) is 3. The Kier molecular flexibility index (Phi) is 4.58. The number of benzene rings is 1. The van der Waals surface area contributed by atoms with E-state index in [1.54, 1.807) is 0 Å². The van der Waals surface area contributed by atoms with Gasteiger partial charge in [-0.2, -0.15) is 0 Å². The Morgan fingerprint density at radius 1 is 1.16 bits per heavy atom. The zero-order valence-electron chi connectivity index (χ0n) is 16.8. The molecule has 5 rings (SSSR count). The molecule has 31 heavy (non-hydrogen) atoms. The minimum Gasteiger partial charge on any atom is -0.365 e. The minimum atomic E-state index is -1.12. The number of thiophene rings is 1. The van der Waals surface area contributed by atoms with Gasteiger partial charge in [0.05, 0.1) is 5.56 Å². The van der Waals surface area contributed by atoms with Crippen LogP contribution in [-0.2, 0) is 34.4 Å². The summed E-state index contributed by atoms with van der Waals surface area (Å²) >= 11 is 1.34. The molecule has 0 bridgehead atoms. The topological polar surface area (TPSA) is 122 Å². The van der Waals surface area contributed by atoms with Crippen LogP contribution in [0.3, 0.4) is 0 Å². The molecule has 160 valence electrons.